The largest absolute Gasteiger partial charge is 0.478 e. The minimum Gasteiger partial charge on any atom is -0.478 e. The molecule has 1 aromatic rings. The number of carboxylic acids is 1. The Morgan fingerprint density at radius 2 is 1.79 bits per heavy atom. The number of hydrogen-bond acceptors (Lipinski definition) is 4. The van der Waals surface area contributed by atoms with Gasteiger partial charge in [0.1, 0.15) is 0 Å². The lowest BCUT2D eigenvalue weighted by molar-refractivity contribution is -0.144. The van der Waals surface area contributed by atoms with Gasteiger partial charge >= 0.3 is 11.9 Å². The number of carboxylic acid groups (broad SMARTS) is 1. The van der Waals surface area contributed by atoms with Crippen molar-refractivity contribution in [3.8, 4) is 0 Å². The molecule has 6 heteroatoms. The molecule has 0 bridgehead atoms. The van der Waals surface area contributed by atoms with Gasteiger partial charge in [0.05, 0.1) is 18.6 Å². The summed E-state index contributed by atoms with van der Waals surface area (Å²) in [6.07, 6.45) is 0.0480. The predicted octanol–water partition coefficient (Wildman–Crippen LogP) is 1.67. The highest BCUT2D eigenvalue weighted by Gasteiger charge is 2.08. The van der Waals surface area contributed by atoms with Crippen LogP contribution in [0.3, 0.4) is 0 Å². The molecule has 0 radical (unpaired) electrons. The van der Waals surface area contributed by atoms with E-state index in [0.29, 0.717) is 5.69 Å². The summed E-state index contributed by atoms with van der Waals surface area (Å²) in [5.41, 5.74) is 0.628. The second kappa shape index (κ2) is 7.15. The third kappa shape index (κ3) is 5.20. The van der Waals surface area contributed by atoms with Gasteiger partial charge in [-0.15, -0.1) is 0 Å². The molecule has 19 heavy (non-hydrogen) atoms. The Morgan fingerprint density at radius 3 is 2.32 bits per heavy atom. The minimum atomic E-state index is -1.03. The number of benzene rings is 1. The van der Waals surface area contributed by atoms with Crippen LogP contribution in [0.4, 0.5) is 5.69 Å². The first kappa shape index (κ1) is 14.7. The predicted molar refractivity (Wildman–Crippen MR) is 67.9 cm³/mol. The van der Waals surface area contributed by atoms with Crippen LogP contribution in [0, 0.1) is 0 Å². The summed E-state index contributed by atoms with van der Waals surface area (Å²) in [5, 5.41) is 11.3. The zero-order valence-corrected chi connectivity index (χ0v) is 10.5. The monoisotopic (exact) mass is 265 g/mol. The third-order valence-corrected chi connectivity index (χ3v) is 2.28. The van der Waals surface area contributed by atoms with Crippen LogP contribution < -0.4 is 5.32 Å². The van der Waals surface area contributed by atoms with Crippen molar-refractivity contribution < 1.29 is 24.2 Å². The SMILES string of the molecule is CCOC(=O)CCC(=O)Nc1ccc(C(=O)O)cc1. The second-order valence-electron chi connectivity index (χ2n) is 3.74. The molecule has 0 saturated heterocycles. The van der Waals surface area contributed by atoms with Crippen molar-refractivity contribution in [3.63, 3.8) is 0 Å². The summed E-state index contributed by atoms with van der Waals surface area (Å²) >= 11 is 0. The Balaban J connectivity index is 2.44. The van der Waals surface area contributed by atoms with Crippen molar-refractivity contribution in [1.82, 2.24) is 0 Å². The molecule has 0 heterocycles. The fourth-order valence-corrected chi connectivity index (χ4v) is 1.37. The summed E-state index contributed by atoms with van der Waals surface area (Å²) in [7, 11) is 0. The maximum absolute atomic E-state index is 11.5. The van der Waals surface area contributed by atoms with Crippen LogP contribution in [0.15, 0.2) is 24.3 Å². The highest BCUT2D eigenvalue weighted by Crippen LogP contribution is 2.10. The van der Waals surface area contributed by atoms with Crippen molar-refractivity contribution in [1.29, 1.82) is 0 Å². The number of aromatic carboxylic acids is 1. The number of rotatable bonds is 6. The molecule has 1 amide bonds. The Hall–Kier alpha value is -2.37. The molecule has 0 aliphatic rings. The molecule has 0 saturated carbocycles. The van der Waals surface area contributed by atoms with E-state index in [2.05, 4.69) is 5.32 Å². The number of ether oxygens (including phenoxy) is 1. The first-order valence-corrected chi connectivity index (χ1v) is 5.81. The van der Waals surface area contributed by atoms with Crippen LogP contribution in [-0.2, 0) is 14.3 Å². The number of nitrogens with one attached hydrogen (secondary N) is 1. The van der Waals surface area contributed by atoms with Crippen LogP contribution in [0.25, 0.3) is 0 Å². The number of carbonyl (C=O) groups excluding carboxylic acids is 2. The maximum Gasteiger partial charge on any atom is 0.335 e. The quantitative estimate of drug-likeness (QED) is 0.763. The van der Waals surface area contributed by atoms with Crippen LogP contribution in [0.2, 0.25) is 0 Å². The average Bonchev–Trinajstić information content (AvgIpc) is 2.37. The van der Waals surface area contributed by atoms with Crippen molar-refractivity contribution >= 4 is 23.5 Å². The van der Waals surface area contributed by atoms with E-state index in [0.717, 1.165) is 0 Å². The van der Waals surface area contributed by atoms with Crippen LogP contribution in [-0.4, -0.2) is 29.6 Å². The summed E-state index contributed by atoms with van der Waals surface area (Å²) < 4.78 is 4.70. The molecule has 1 aromatic carbocycles. The van der Waals surface area contributed by atoms with Gasteiger partial charge in [0.15, 0.2) is 0 Å². The molecule has 0 spiro atoms. The lowest BCUT2D eigenvalue weighted by Gasteiger charge is -2.05. The smallest absolute Gasteiger partial charge is 0.335 e. The Kier molecular flexibility index (Phi) is 5.53. The number of carbonyl (C=O) groups is 3. The number of hydrogen-bond donors (Lipinski definition) is 2. The maximum atomic E-state index is 11.5. The van der Waals surface area contributed by atoms with E-state index in [4.69, 9.17) is 9.84 Å². The first-order valence-electron chi connectivity index (χ1n) is 5.81. The molecule has 0 aliphatic heterocycles. The van der Waals surface area contributed by atoms with Crippen molar-refractivity contribution in [2.24, 2.45) is 0 Å². The number of anilines is 1. The van der Waals surface area contributed by atoms with Gasteiger partial charge in [-0.05, 0) is 31.2 Å². The van der Waals surface area contributed by atoms with E-state index < -0.39 is 11.9 Å². The standard InChI is InChI=1S/C13H15NO5/c1-2-19-12(16)8-7-11(15)14-10-5-3-9(4-6-10)13(17)18/h3-6H,2,7-8H2,1H3,(H,14,15)(H,17,18). The molecule has 2 N–H and O–H groups in total. The molecule has 0 aliphatic carbocycles. The highest BCUT2D eigenvalue weighted by atomic mass is 16.5. The summed E-state index contributed by atoms with van der Waals surface area (Å²) in [6.45, 7) is 1.99. The highest BCUT2D eigenvalue weighted by molar-refractivity contribution is 5.93. The fraction of sp³-hybridized carbons (Fsp3) is 0.308. The van der Waals surface area contributed by atoms with Crippen molar-refractivity contribution in [2.75, 3.05) is 11.9 Å². The van der Waals surface area contributed by atoms with Gasteiger partial charge < -0.3 is 15.2 Å². The van der Waals surface area contributed by atoms with E-state index in [1.54, 1.807) is 6.92 Å². The van der Waals surface area contributed by atoms with Crippen molar-refractivity contribution in [3.05, 3.63) is 29.8 Å². The van der Waals surface area contributed by atoms with Gasteiger partial charge in [-0.25, -0.2) is 4.79 Å². The Labute approximate surface area is 110 Å². The van der Waals surface area contributed by atoms with Gasteiger partial charge in [0, 0.05) is 12.1 Å². The lowest BCUT2D eigenvalue weighted by atomic mass is 10.2. The van der Waals surface area contributed by atoms with E-state index in [1.165, 1.54) is 24.3 Å². The van der Waals surface area contributed by atoms with E-state index in [-0.39, 0.29) is 30.9 Å². The molecular weight excluding hydrogens is 250 g/mol. The molecule has 1 rings (SSSR count). The second-order valence-corrected chi connectivity index (χ2v) is 3.74. The zero-order chi connectivity index (χ0) is 14.3. The summed E-state index contributed by atoms with van der Waals surface area (Å²) in [4.78, 5) is 33.2. The molecular formula is C13H15NO5. The molecule has 0 unspecified atom stereocenters. The lowest BCUT2D eigenvalue weighted by Crippen LogP contribution is -2.14. The molecule has 0 atom stereocenters. The van der Waals surface area contributed by atoms with Gasteiger partial charge in [0.2, 0.25) is 5.91 Å². The van der Waals surface area contributed by atoms with Gasteiger partial charge in [-0.2, -0.15) is 0 Å². The van der Waals surface area contributed by atoms with Crippen LogP contribution in [0.5, 0.6) is 0 Å². The van der Waals surface area contributed by atoms with Gasteiger partial charge in [-0.1, -0.05) is 0 Å². The number of esters is 1. The van der Waals surface area contributed by atoms with Crippen LogP contribution >= 0.6 is 0 Å². The third-order valence-electron chi connectivity index (χ3n) is 2.28. The zero-order valence-electron chi connectivity index (χ0n) is 10.5. The number of amides is 1. The summed E-state index contributed by atoms with van der Waals surface area (Å²) in [5.74, 6) is -1.77. The minimum absolute atomic E-state index is 0.0207. The molecule has 6 nitrogen and oxygen atoms in total. The van der Waals surface area contributed by atoms with E-state index >= 15 is 0 Å². The fourth-order valence-electron chi connectivity index (χ4n) is 1.37. The summed E-state index contributed by atoms with van der Waals surface area (Å²) in [6, 6.07) is 5.77. The van der Waals surface area contributed by atoms with Crippen LogP contribution in [0.1, 0.15) is 30.1 Å². The normalized spacial score (nSPS) is 9.74. The van der Waals surface area contributed by atoms with E-state index in [1.807, 2.05) is 0 Å². The molecule has 102 valence electrons. The van der Waals surface area contributed by atoms with E-state index in [9.17, 15) is 14.4 Å². The van der Waals surface area contributed by atoms with Crippen molar-refractivity contribution in [2.45, 2.75) is 19.8 Å². The van der Waals surface area contributed by atoms with Gasteiger partial charge in [0.25, 0.3) is 0 Å². The Bertz CT molecular complexity index is 466. The molecule has 0 fully saturated rings. The first-order chi connectivity index (χ1) is 9.02. The van der Waals surface area contributed by atoms with Gasteiger partial charge in [-0.3, -0.25) is 9.59 Å². The average molecular weight is 265 g/mol. The topological polar surface area (TPSA) is 92.7 Å². The molecule has 0 aromatic heterocycles. The Morgan fingerprint density at radius 1 is 1.16 bits per heavy atom.